The van der Waals surface area contributed by atoms with E-state index in [9.17, 15) is 40.3 Å². The summed E-state index contributed by atoms with van der Waals surface area (Å²) >= 11 is 6.51. The Morgan fingerprint density at radius 3 is 2.33 bits per heavy atom. The number of alkyl halides is 7. The summed E-state index contributed by atoms with van der Waals surface area (Å²) in [5.74, 6) is -2.25. The number of rotatable bonds is 15. The average molecular weight is 945 g/mol. The molecule has 2 aromatic heterocycles. The Morgan fingerprint density at radius 2 is 1.70 bits per heavy atom. The summed E-state index contributed by atoms with van der Waals surface area (Å²) in [5.41, 5.74) is -5.68. The molecule has 0 unspecified atom stereocenters. The largest absolute Gasteiger partial charge is 0.447 e. The highest BCUT2D eigenvalue weighted by molar-refractivity contribution is 6.33. The van der Waals surface area contributed by atoms with Crippen LogP contribution in [0.15, 0.2) is 90.3 Å². The molecular weight excluding hydrogens is 905 g/mol. The van der Waals surface area contributed by atoms with Gasteiger partial charge in [-0.15, -0.1) is 4.99 Å². The standard InChI is InChI=1S/C43H40ClF7N10O5/c1-40(2,43(49,50)51)22-42(27-11-8-25(9-12-27)31-19-53-61(58-31)28-13-14-28)35(62)59(37(56-42)55-38(63)65-20-24-6-4-3-5-7-24)32(21-66-39(64)57-41(16-17-41)34(45)46)26-10-15-30(44)29(18-26)33-52-23-54-60(33)36(47)48/h3-12,15,18-19,23,28,32,34,36H,13-14,16-17,20-22H2,1-2H3,(H,57,64)(H,55,56,63)/t32-,42-/m1/s1. The van der Waals surface area contributed by atoms with E-state index < -0.39 is 84.6 Å². The maximum absolute atomic E-state index is 15.6. The fourth-order valence-electron chi connectivity index (χ4n) is 7.56. The number of carbonyl (C=O) groups is 3. The van der Waals surface area contributed by atoms with Gasteiger partial charge in [-0.25, -0.2) is 23.4 Å². The van der Waals surface area contributed by atoms with Crippen LogP contribution in [0.5, 0.6) is 0 Å². The van der Waals surface area contributed by atoms with E-state index in [1.54, 1.807) is 35.1 Å². The van der Waals surface area contributed by atoms with Crippen LogP contribution in [0.3, 0.4) is 0 Å². The summed E-state index contributed by atoms with van der Waals surface area (Å²) in [6.07, 6.45) is -7.51. The lowest BCUT2D eigenvalue weighted by molar-refractivity contribution is -0.218. The van der Waals surface area contributed by atoms with Gasteiger partial charge in [0, 0.05) is 11.1 Å². The van der Waals surface area contributed by atoms with E-state index >= 15 is 4.79 Å². The van der Waals surface area contributed by atoms with Crippen LogP contribution in [0.25, 0.3) is 22.6 Å². The molecule has 1 saturated heterocycles. The lowest BCUT2D eigenvalue weighted by atomic mass is 9.74. The van der Waals surface area contributed by atoms with Crippen molar-refractivity contribution >= 4 is 35.7 Å². The number of nitrogens with one attached hydrogen (secondary N) is 2. The van der Waals surface area contributed by atoms with Crippen LogP contribution in [0, 0.1) is 5.41 Å². The summed E-state index contributed by atoms with van der Waals surface area (Å²) in [4.78, 5) is 52.8. The van der Waals surface area contributed by atoms with Crippen molar-refractivity contribution in [3.8, 4) is 22.6 Å². The molecule has 8 rings (SSSR count). The fourth-order valence-corrected chi connectivity index (χ4v) is 7.77. The van der Waals surface area contributed by atoms with Crippen LogP contribution < -0.4 is 10.6 Å². The summed E-state index contributed by atoms with van der Waals surface area (Å²) in [6.45, 7) is -2.67. The molecule has 15 nitrogen and oxygen atoms in total. The highest BCUT2D eigenvalue weighted by atomic mass is 35.5. The molecule has 3 heterocycles. The molecule has 3 amide bonds. The van der Waals surface area contributed by atoms with Crippen LogP contribution in [-0.4, -0.2) is 83.5 Å². The van der Waals surface area contributed by atoms with E-state index in [0.717, 1.165) is 37.9 Å². The van der Waals surface area contributed by atoms with Crippen LogP contribution in [0.1, 0.15) is 81.3 Å². The van der Waals surface area contributed by atoms with Gasteiger partial charge in [0.15, 0.2) is 5.82 Å². The number of halogens is 8. The number of ether oxygens (including phenoxy) is 2. The van der Waals surface area contributed by atoms with E-state index in [1.807, 2.05) is 0 Å². The summed E-state index contributed by atoms with van der Waals surface area (Å²) in [6, 6.07) is 16.5. The van der Waals surface area contributed by atoms with Crippen molar-refractivity contribution in [1.82, 2.24) is 45.3 Å². The maximum atomic E-state index is 15.6. The van der Waals surface area contributed by atoms with E-state index in [1.165, 1.54) is 48.7 Å². The number of guanidine groups is 1. The first kappa shape index (κ1) is 46.0. The minimum Gasteiger partial charge on any atom is -0.447 e. The predicted molar refractivity (Wildman–Crippen MR) is 221 cm³/mol. The van der Waals surface area contributed by atoms with Crippen molar-refractivity contribution in [3.63, 3.8) is 0 Å². The molecule has 2 atom stereocenters. The quantitative estimate of drug-likeness (QED) is 0.0965. The molecule has 2 saturated carbocycles. The fraction of sp³-hybridized carbons (Fsp3) is 0.395. The van der Waals surface area contributed by atoms with Crippen LogP contribution >= 0.6 is 11.6 Å². The van der Waals surface area contributed by atoms with Gasteiger partial charge in [0.05, 0.1) is 28.7 Å². The lowest BCUT2D eigenvalue weighted by Gasteiger charge is -2.37. The number of aliphatic imine (C=N–C) groups is 1. The first-order valence-corrected chi connectivity index (χ1v) is 20.9. The Morgan fingerprint density at radius 1 is 0.985 bits per heavy atom. The van der Waals surface area contributed by atoms with E-state index in [0.29, 0.717) is 16.8 Å². The second-order valence-electron chi connectivity index (χ2n) is 16.8. The summed E-state index contributed by atoms with van der Waals surface area (Å²) in [7, 11) is 0. The molecule has 0 radical (unpaired) electrons. The molecule has 3 fully saturated rings. The number of carbonyl (C=O) groups excluding carboxylic acids is 3. The van der Waals surface area contributed by atoms with Crippen LogP contribution in [-0.2, 0) is 26.4 Å². The maximum Gasteiger partial charge on any atom is 0.437 e. The lowest BCUT2D eigenvalue weighted by Crippen LogP contribution is -2.50. The van der Waals surface area contributed by atoms with Gasteiger partial charge in [0.2, 0.25) is 5.96 Å². The molecule has 1 aliphatic heterocycles. The number of hydrogen-bond donors (Lipinski definition) is 2. The number of alkyl carbamates (subject to hydrolysis) is 1. The first-order chi connectivity index (χ1) is 31.3. The number of amides is 3. The molecule has 0 bridgehead atoms. The van der Waals surface area contributed by atoms with Crippen molar-refractivity contribution in [1.29, 1.82) is 0 Å². The molecule has 348 valence electrons. The smallest absolute Gasteiger partial charge is 0.437 e. The summed E-state index contributed by atoms with van der Waals surface area (Å²) in [5, 5.41) is 17.2. The zero-order valence-electron chi connectivity index (χ0n) is 35.0. The van der Waals surface area contributed by atoms with Crippen molar-refractivity contribution in [2.24, 2.45) is 10.4 Å². The van der Waals surface area contributed by atoms with Gasteiger partial charge in [-0.1, -0.05) is 86.1 Å². The third-order valence-corrected chi connectivity index (χ3v) is 12.0. The Balaban J connectivity index is 1.26. The normalized spacial score (nSPS) is 19.3. The summed E-state index contributed by atoms with van der Waals surface area (Å²) < 4.78 is 112. The number of benzene rings is 3. The highest BCUT2D eigenvalue weighted by Gasteiger charge is 2.61. The van der Waals surface area contributed by atoms with Crippen LogP contribution in [0.2, 0.25) is 5.02 Å². The molecule has 0 spiro atoms. The molecular formula is C43H40ClF7N10O5. The molecule has 2 aliphatic carbocycles. The molecule has 3 aromatic carbocycles. The molecule has 2 N–H and O–H groups in total. The third-order valence-electron chi connectivity index (χ3n) is 11.7. The average Bonchev–Trinajstić information content (AvgIpc) is 4.14. The topological polar surface area (TPSA) is 171 Å². The van der Waals surface area contributed by atoms with Crippen molar-refractivity contribution in [2.75, 3.05) is 6.61 Å². The second kappa shape index (κ2) is 17.7. The Kier molecular flexibility index (Phi) is 12.3. The van der Waals surface area contributed by atoms with Gasteiger partial charge >= 0.3 is 24.9 Å². The minimum absolute atomic E-state index is 0.0251. The van der Waals surface area contributed by atoms with E-state index in [-0.39, 0.29) is 51.9 Å². The number of nitrogens with zero attached hydrogens (tertiary/aromatic N) is 8. The molecule has 3 aliphatic rings. The first-order valence-electron chi connectivity index (χ1n) is 20.5. The molecule has 66 heavy (non-hydrogen) atoms. The Hall–Kier alpha value is -6.58. The minimum atomic E-state index is -4.92. The monoisotopic (exact) mass is 944 g/mol. The van der Waals surface area contributed by atoms with Gasteiger partial charge in [0.1, 0.15) is 36.3 Å². The third kappa shape index (κ3) is 9.27. The van der Waals surface area contributed by atoms with Gasteiger partial charge in [-0.05, 0) is 60.9 Å². The van der Waals surface area contributed by atoms with Crippen molar-refractivity contribution in [3.05, 3.63) is 107 Å². The zero-order valence-corrected chi connectivity index (χ0v) is 35.7. The van der Waals surface area contributed by atoms with Crippen molar-refractivity contribution in [2.45, 2.75) is 94.9 Å². The molecule has 5 aromatic rings. The van der Waals surface area contributed by atoms with Gasteiger partial charge in [-0.2, -0.15) is 46.7 Å². The van der Waals surface area contributed by atoms with Gasteiger partial charge in [0.25, 0.3) is 12.3 Å². The van der Waals surface area contributed by atoms with E-state index in [4.69, 9.17) is 21.1 Å². The van der Waals surface area contributed by atoms with E-state index in [2.05, 4.69) is 35.9 Å². The number of hydrogen-bond acceptors (Lipinski definition) is 9. The number of aromatic nitrogens is 6. The Labute approximate surface area is 376 Å². The molecule has 23 heteroatoms. The predicted octanol–water partition coefficient (Wildman–Crippen LogP) is 9.15. The van der Waals surface area contributed by atoms with Gasteiger partial charge < -0.3 is 20.1 Å². The Bertz CT molecular complexity index is 2640. The zero-order chi connectivity index (χ0) is 47.2. The van der Waals surface area contributed by atoms with Crippen molar-refractivity contribution < 1.29 is 54.6 Å². The highest BCUT2D eigenvalue weighted by Crippen LogP contribution is 2.50. The van der Waals surface area contributed by atoms with Gasteiger partial charge in [-0.3, -0.25) is 9.69 Å². The second-order valence-corrected chi connectivity index (χ2v) is 17.2. The SMILES string of the molecule is CC(C)(C[C@]1(c2ccc(-c3cnn(C4CC4)n3)cc2)NC(=NC(=O)OCc2ccccc2)N([C@H](COC(=O)NC2(C(F)F)CC2)c2ccc(Cl)c(-c3ncnn3C(F)F)c2)C1=O)C(F)(F)F. The van der Waals surface area contributed by atoms with Crippen LogP contribution in [0.4, 0.5) is 40.3 Å².